The molecule has 2 heterocycles. The maximum atomic E-state index is 13.4. The number of carbonyl (C=O) groups excluding carboxylic acids is 8. The second kappa shape index (κ2) is 19.5. The maximum absolute atomic E-state index is 13.4. The van der Waals surface area contributed by atoms with E-state index in [1.165, 1.54) is 0 Å². The molecule has 56 heavy (non-hydrogen) atoms. The van der Waals surface area contributed by atoms with E-state index in [0.717, 1.165) is 60.6 Å². The largest absolute Gasteiger partial charge is 0.463 e. The van der Waals surface area contributed by atoms with Crippen LogP contribution in [0.2, 0.25) is 0 Å². The van der Waals surface area contributed by atoms with Crippen LogP contribution in [0.3, 0.4) is 0 Å². The highest BCUT2D eigenvalue weighted by Crippen LogP contribution is 2.36. The van der Waals surface area contributed by atoms with Gasteiger partial charge in [-0.1, -0.05) is 6.07 Å². The number of esters is 8. The van der Waals surface area contributed by atoms with Crippen molar-refractivity contribution in [3.63, 3.8) is 0 Å². The molecule has 1 aromatic rings. The van der Waals surface area contributed by atoms with Crippen molar-refractivity contribution >= 4 is 47.8 Å². The monoisotopic (exact) mass is 808 g/mol. The van der Waals surface area contributed by atoms with Gasteiger partial charge in [-0.25, -0.2) is 4.79 Å². The van der Waals surface area contributed by atoms with Gasteiger partial charge in [0.1, 0.15) is 31.5 Å². The van der Waals surface area contributed by atoms with Crippen LogP contribution in [0.5, 0.6) is 0 Å². The van der Waals surface area contributed by atoms with E-state index < -0.39 is 140 Å². The van der Waals surface area contributed by atoms with Crippen LogP contribution in [0.25, 0.3) is 0 Å². The zero-order chi connectivity index (χ0) is 42.1. The van der Waals surface area contributed by atoms with Crippen LogP contribution in [0, 0.1) is 0 Å². The van der Waals surface area contributed by atoms with Crippen LogP contribution in [-0.4, -0.2) is 122 Å². The summed E-state index contributed by atoms with van der Waals surface area (Å²) in [7, 11) is 0. The molecule has 1 aromatic carbocycles. The Morgan fingerprint density at radius 2 is 0.946 bits per heavy atom. The summed E-state index contributed by atoms with van der Waals surface area (Å²) < 4.78 is 101. The van der Waals surface area contributed by atoms with Crippen molar-refractivity contribution in [2.45, 2.75) is 116 Å². The molecule has 19 nitrogen and oxygen atoms in total. The van der Waals surface area contributed by atoms with Gasteiger partial charge in [-0.15, -0.1) is 0 Å². The highest BCUT2D eigenvalue weighted by molar-refractivity contribution is 5.89. The molecule has 3 rings (SSSR count). The number of carbonyl (C=O) groups is 8. The van der Waals surface area contributed by atoms with Crippen molar-refractivity contribution in [2.75, 3.05) is 13.2 Å². The predicted molar refractivity (Wildman–Crippen MR) is 170 cm³/mol. The van der Waals surface area contributed by atoms with E-state index >= 15 is 0 Å². The summed E-state index contributed by atoms with van der Waals surface area (Å²) in [5.41, 5.74) is -1.83. The molecule has 0 unspecified atom stereocenters. The fraction of sp³-hybridized carbons (Fsp3) is 0.588. The normalized spacial score (nSPS) is 27.4. The lowest BCUT2D eigenvalue weighted by atomic mass is 9.96. The van der Waals surface area contributed by atoms with E-state index in [-0.39, 0.29) is 0 Å². The zero-order valence-corrected chi connectivity index (χ0v) is 30.9. The van der Waals surface area contributed by atoms with Crippen LogP contribution in [0.15, 0.2) is 24.3 Å². The van der Waals surface area contributed by atoms with E-state index in [0.29, 0.717) is 12.1 Å². The van der Waals surface area contributed by atoms with Gasteiger partial charge < -0.3 is 52.1 Å². The van der Waals surface area contributed by atoms with Crippen molar-refractivity contribution in [1.29, 1.82) is 0 Å². The van der Waals surface area contributed by atoms with Gasteiger partial charge >= 0.3 is 53.9 Å². The number of halogens is 3. The highest BCUT2D eigenvalue weighted by atomic mass is 19.4. The minimum atomic E-state index is -4.85. The molecule has 22 heteroatoms. The standard InChI is InChI=1S/C34H39F3O19/c1-14(38)46-12-23-25(48-16(3)40)27(49-17(4)41)29(51-19(6)43)32(53-23)55-26-24(13-47-15(2)39)54-33(30(52-20(7)44)28(26)50-18(5)42)56-31(45)21-9-8-10-22(11-21)34(35,36)37/h8-11,23-30,32-33H,12-13H2,1-7H3/t23-,24-,25+,26-,27+,28+,29-,30-,32+,33+/m1/s1. The number of alkyl halides is 3. The van der Waals surface area contributed by atoms with Gasteiger partial charge in [0, 0.05) is 48.5 Å². The zero-order valence-electron chi connectivity index (χ0n) is 30.9. The molecule has 0 spiro atoms. The SMILES string of the molecule is CC(=O)OC[C@H]1O[C@@H](O[C@H]2[C@H](OC(C)=O)[C@@H](OC(C)=O)[C@H](OC(=O)c3cccc(C(F)(F)F)c3)O[C@@H]2COC(C)=O)[C@H](OC(C)=O)[C@@H](OC(C)=O)[C@H]1OC(C)=O. The Kier molecular flexibility index (Phi) is 15.7. The molecule has 0 amide bonds. The Balaban J connectivity index is 2.17. The predicted octanol–water partition coefficient (Wildman–Crippen LogP) is 1.48. The summed E-state index contributed by atoms with van der Waals surface area (Å²) in [6.45, 7) is 5.28. The van der Waals surface area contributed by atoms with Gasteiger partial charge in [0.2, 0.25) is 12.4 Å². The van der Waals surface area contributed by atoms with E-state index in [1.54, 1.807) is 0 Å². The Bertz CT molecular complexity index is 1650. The first-order valence-electron chi connectivity index (χ1n) is 16.5. The fourth-order valence-corrected chi connectivity index (χ4v) is 5.56. The summed E-state index contributed by atoms with van der Waals surface area (Å²) in [5, 5.41) is 0. The average molecular weight is 809 g/mol. The topological polar surface area (TPSA) is 238 Å². The van der Waals surface area contributed by atoms with Gasteiger partial charge in [0.15, 0.2) is 30.7 Å². The lowest BCUT2D eigenvalue weighted by molar-refractivity contribution is -0.356. The van der Waals surface area contributed by atoms with Gasteiger partial charge in [0.05, 0.1) is 11.1 Å². The number of hydrogen-bond donors (Lipinski definition) is 0. The smallest absolute Gasteiger partial charge is 0.416 e. The lowest BCUT2D eigenvalue weighted by Gasteiger charge is -2.48. The van der Waals surface area contributed by atoms with Gasteiger partial charge in [0.25, 0.3) is 0 Å². The summed E-state index contributed by atoms with van der Waals surface area (Å²) >= 11 is 0. The van der Waals surface area contributed by atoms with Crippen LogP contribution in [0.4, 0.5) is 13.2 Å². The minimum absolute atomic E-state index is 0.474. The van der Waals surface area contributed by atoms with Crippen LogP contribution >= 0.6 is 0 Å². The third-order valence-electron chi connectivity index (χ3n) is 7.53. The first-order valence-corrected chi connectivity index (χ1v) is 16.5. The number of rotatable bonds is 13. The molecule has 310 valence electrons. The summed E-state index contributed by atoms with van der Waals surface area (Å²) in [5.74, 6) is -8.24. The maximum Gasteiger partial charge on any atom is 0.416 e. The molecule has 0 radical (unpaired) electrons. The Labute approximate surface area is 316 Å². The second-order valence-corrected chi connectivity index (χ2v) is 12.1. The molecule has 2 saturated heterocycles. The van der Waals surface area contributed by atoms with Gasteiger partial charge in [-0.3, -0.25) is 33.6 Å². The van der Waals surface area contributed by atoms with E-state index in [4.69, 9.17) is 52.1 Å². The Morgan fingerprint density at radius 3 is 1.41 bits per heavy atom. The van der Waals surface area contributed by atoms with Gasteiger partial charge in [-0.2, -0.15) is 13.2 Å². The van der Waals surface area contributed by atoms with Crippen LogP contribution in [0.1, 0.15) is 64.4 Å². The average Bonchev–Trinajstić information content (AvgIpc) is 3.06. The van der Waals surface area contributed by atoms with Crippen LogP contribution in [-0.2, 0) is 91.8 Å². The first-order chi connectivity index (χ1) is 26.1. The summed E-state index contributed by atoms with van der Waals surface area (Å²) in [6, 6.07) is 3.07. The van der Waals surface area contributed by atoms with Crippen molar-refractivity contribution in [2.24, 2.45) is 0 Å². The molecular formula is C34H39F3O19. The van der Waals surface area contributed by atoms with Gasteiger partial charge in [-0.05, 0) is 18.2 Å². The lowest BCUT2D eigenvalue weighted by Crippen LogP contribution is -2.67. The quantitative estimate of drug-likeness (QED) is 0.203. The molecule has 0 saturated carbocycles. The van der Waals surface area contributed by atoms with Crippen molar-refractivity contribution in [3.05, 3.63) is 35.4 Å². The molecular weight excluding hydrogens is 769 g/mol. The molecule has 10 atom stereocenters. The molecule has 2 aliphatic heterocycles. The molecule has 0 aromatic heterocycles. The van der Waals surface area contributed by atoms with Crippen molar-refractivity contribution in [1.82, 2.24) is 0 Å². The third kappa shape index (κ3) is 12.9. The molecule has 0 bridgehead atoms. The number of ether oxygens (including phenoxy) is 11. The molecule has 0 N–H and O–H groups in total. The summed E-state index contributed by atoms with van der Waals surface area (Å²) in [6.07, 6.45) is -23.1. The van der Waals surface area contributed by atoms with E-state index in [9.17, 15) is 51.5 Å². The Morgan fingerprint density at radius 1 is 0.536 bits per heavy atom. The van der Waals surface area contributed by atoms with Crippen molar-refractivity contribution < 1.29 is 104 Å². The van der Waals surface area contributed by atoms with Crippen LogP contribution < -0.4 is 0 Å². The third-order valence-corrected chi connectivity index (χ3v) is 7.53. The molecule has 2 aliphatic rings. The molecule has 2 fully saturated rings. The fourth-order valence-electron chi connectivity index (χ4n) is 5.56. The number of benzene rings is 1. The van der Waals surface area contributed by atoms with Crippen molar-refractivity contribution in [3.8, 4) is 0 Å². The minimum Gasteiger partial charge on any atom is -0.463 e. The highest BCUT2D eigenvalue weighted by Gasteiger charge is 2.58. The molecule has 0 aliphatic carbocycles. The number of hydrogen-bond acceptors (Lipinski definition) is 19. The summed E-state index contributed by atoms with van der Waals surface area (Å²) in [4.78, 5) is 98.8. The second-order valence-electron chi connectivity index (χ2n) is 12.1. The van der Waals surface area contributed by atoms with E-state index in [1.807, 2.05) is 0 Å². The first kappa shape index (κ1) is 45.0. The Hall–Kier alpha value is -5.35. The van der Waals surface area contributed by atoms with E-state index in [2.05, 4.69) is 0 Å².